The first kappa shape index (κ1) is 14.0. The highest BCUT2D eigenvalue weighted by Gasteiger charge is 2.36. The van der Waals surface area contributed by atoms with Crippen LogP contribution < -0.4 is 0 Å². The van der Waals surface area contributed by atoms with E-state index in [-0.39, 0.29) is 23.8 Å². The molecule has 1 fully saturated rings. The lowest BCUT2D eigenvalue weighted by Gasteiger charge is -2.30. The molecule has 0 spiro atoms. The number of likely N-dealkylation sites (N-methyl/N-ethyl adjacent to an activating group) is 1. The van der Waals surface area contributed by atoms with Gasteiger partial charge >= 0.3 is 0 Å². The molecule has 0 aromatic heterocycles. The quantitative estimate of drug-likeness (QED) is 0.747. The monoisotopic (exact) mass is 240 g/mol. The highest BCUT2D eigenvalue weighted by Crippen LogP contribution is 2.21. The Morgan fingerprint density at radius 1 is 1.29 bits per heavy atom. The smallest absolute Gasteiger partial charge is 0.245 e. The van der Waals surface area contributed by atoms with Crippen molar-refractivity contribution in [1.29, 1.82) is 0 Å². The summed E-state index contributed by atoms with van der Waals surface area (Å²) in [6.45, 7) is 9.90. The molecular formula is C13H24N2O2. The van der Waals surface area contributed by atoms with Crippen molar-refractivity contribution >= 4 is 11.8 Å². The van der Waals surface area contributed by atoms with E-state index in [0.717, 1.165) is 32.5 Å². The topological polar surface area (TPSA) is 40.6 Å². The lowest BCUT2D eigenvalue weighted by Crippen LogP contribution is -2.48. The first-order chi connectivity index (χ1) is 8.02. The Labute approximate surface area is 104 Å². The van der Waals surface area contributed by atoms with Crippen molar-refractivity contribution in [3.05, 3.63) is 0 Å². The highest BCUT2D eigenvalue weighted by atomic mass is 16.2. The summed E-state index contributed by atoms with van der Waals surface area (Å²) in [6.07, 6.45) is 1.75. The molecule has 98 valence electrons. The van der Waals surface area contributed by atoms with E-state index >= 15 is 0 Å². The summed E-state index contributed by atoms with van der Waals surface area (Å²) in [5, 5.41) is 0. The van der Waals surface area contributed by atoms with E-state index in [1.165, 1.54) is 0 Å². The molecule has 4 heteroatoms. The molecule has 1 aliphatic heterocycles. The Balaban J connectivity index is 2.75. The van der Waals surface area contributed by atoms with Crippen LogP contribution in [0.15, 0.2) is 0 Å². The molecule has 0 saturated carbocycles. The average Bonchev–Trinajstić information content (AvgIpc) is 2.77. The summed E-state index contributed by atoms with van der Waals surface area (Å²) >= 11 is 0. The number of hydrogen-bond acceptors (Lipinski definition) is 2. The van der Waals surface area contributed by atoms with Gasteiger partial charge in [0, 0.05) is 25.6 Å². The van der Waals surface area contributed by atoms with Gasteiger partial charge in [-0.15, -0.1) is 0 Å². The maximum atomic E-state index is 12.3. The first-order valence-corrected chi connectivity index (χ1v) is 6.62. The van der Waals surface area contributed by atoms with E-state index in [9.17, 15) is 9.59 Å². The fraction of sp³-hybridized carbons (Fsp3) is 0.846. The number of likely N-dealkylation sites (tertiary alicyclic amines) is 1. The molecule has 1 atom stereocenters. The normalized spacial score (nSPS) is 19.8. The standard InChI is InChI=1S/C13H24N2O2/c1-5-14(6-2)13(17)11-8-7-9-15(11)12(16)10(3)4/h10-11H,5-9H2,1-4H3. The predicted octanol–water partition coefficient (Wildman–Crippen LogP) is 1.50. The van der Waals surface area contributed by atoms with Gasteiger partial charge in [-0.05, 0) is 26.7 Å². The van der Waals surface area contributed by atoms with Crippen LogP contribution in [0.4, 0.5) is 0 Å². The molecule has 1 unspecified atom stereocenters. The van der Waals surface area contributed by atoms with Gasteiger partial charge in [0.15, 0.2) is 0 Å². The van der Waals surface area contributed by atoms with Gasteiger partial charge in [-0.2, -0.15) is 0 Å². The third kappa shape index (κ3) is 2.99. The summed E-state index contributed by atoms with van der Waals surface area (Å²) in [7, 11) is 0. The van der Waals surface area contributed by atoms with Crippen LogP contribution in [0.5, 0.6) is 0 Å². The third-order valence-corrected chi connectivity index (χ3v) is 3.39. The van der Waals surface area contributed by atoms with Gasteiger partial charge in [0.2, 0.25) is 11.8 Å². The van der Waals surface area contributed by atoms with Crippen LogP contribution in [0.25, 0.3) is 0 Å². The van der Waals surface area contributed by atoms with Crippen molar-refractivity contribution in [2.45, 2.75) is 46.6 Å². The van der Waals surface area contributed by atoms with Gasteiger partial charge in [0.1, 0.15) is 6.04 Å². The number of amides is 2. The molecule has 2 amide bonds. The van der Waals surface area contributed by atoms with E-state index in [2.05, 4.69) is 0 Å². The second kappa shape index (κ2) is 6.03. The molecule has 4 nitrogen and oxygen atoms in total. The second-order valence-electron chi connectivity index (χ2n) is 4.85. The Kier molecular flexibility index (Phi) is 4.97. The fourth-order valence-electron chi connectivity index (χ4n) is 2.36. The molecule has 0 aromatic carbocycles. The van der Waals surface area contributed by atoms with Crippen LogP contribution in [0.1, 0.15) is 40.5 Å². The second-order valence-corrected chi connectivity index (χ2v) is 4.85. The number of carbonyl (C=O) groups excluding carboxylic acids is 2. The van der Waals surface area contributed by atoms with Crippen LogP contribution in [-0.2, 0) is 9.59 Å². The summed E-state index contributed by atoms with van der Waals surface area (Å²) in [6, 6.07) is -0.218. The molecule has 0 bridgehead atoms. The van der Waals surface area contributed by atoms with E-state index in [0.29, 0.717) is 0 Å². The van der Waals surface area contributed by atoms with Crippen molar-refractivity contribution < 1.29 is 9.59 Å². The van der Waals surface area contributed by atoms with Crippen LogP contribution >= 0.6 is 0 Å². The minimum Gasteiger partial charge on any atom is -0.341 e. The number of nitrogens with zero attached hydrogens (tertiary/aromatic N) is 2. The van der Waals surface area contributed by atoms with Gasteiger partial charge in [-0.25, -0.2) is 0 Å². The highest BCUT2D eigenvalue weighted by molar-refractivity contribution is 5.88. The number of hydrogen-bond donors (Lipinski definition) is 0. The van der Waals surface area contributed by atoms with E-state index in [1.54, 1.807) is 4.90 Å². The molecule has 0 aliphatic carbocycles. The maximum Gasteiger partial charge on any atom is 0.245 e. The molecule has 1 heterocycles. The van der Waals surface area contributed by atoms with Crippen LogP contribution in [0.2, 0.25) is 0 Å². The number of rotatable bonds is 4. The van der Waals surface area contributed by atoms with Crippen molar-refractivity contribution in [2.75, 3.05) is 19.6 Å². The molecule has 0 radical (unpaired) electrons. The zero-order valence-corrected chi connectivity index (χ0v) is 11.4. The SMILES string of the molecule is CCN(CC)C(=O)C1CCCN1C(=O)C(C)C. The molecule has 1 rings (SSSR count). The minimum absolute atomic E-state index is 0.0277. The van der Waals surface area contributed by atoms with Crippen molar-refractivity contribution in [3.63, 3.8) is 0 Å². The average molecular weight is 240 g/mol. The van der Waals surface area contributed by atoms with E-state index in [1.807, 2.05) is 32.6 Å². The Morgan fingerprint density at radius 3 is 2.35 bits per heavy atom. The summed E-state index contributed by atoms with van der Waals surface area (Å²) in [4.78, 5) is 27.9. The maximum absolute atomic E-state index is 12.3. The van der Waals surface area contributed by atoms with Crippen molar-refractivity contribution in [2.24, 2.45) is 5.92 Å². The van der Waals surface area contributed by atoms with Crippen LogP contribution in [0, 0.1) is 5.92 Å². The van der Waals surface area contributed by atoms with Gasteiger partial charge in [0.25, 0.3) is 0 Å². The lowest BCUT2D eigenvalue weighted by molar-refractivity contribution is -0.145. The Bertz CT molecular complexity index is 285. The van der Waals surface area contributed by atoms with Crippen molar-refractivity contribution in [1.82, 2.24) is 9.80 Å². The number of carbonyl (C=O) groups is 2. The molecule has 0 aromatic rings. The largest absolute Gasteiger partial charge is 0.341 e. The zero-order valence-electron chi connectivity index (χ0n) is 11.4. The molecule has 17 heavy (non-hydrogen) atoms. The molecule has 1 saturated heterocycles. The Morgan fingerprint density at radius 2 is 1.88 bits per heavy atom. The van der Waals surface area contributed by atoms with Crippen molar-refractivity contribution in [3.8, 4) is 0 Å². The van der Waals surface area contributed by atoms with Crippen LogP contribution in [-0.4, -0.2) is 47.3 Å². The van der Waals surface area contributed by atoms with E-state index in [4.69, 9.17) is 0 Å². The van der Waals surface area contributed by atoms with Crippen LogP contribution in [0.3, 0.4) is 0 Å². The van der Waals surface area contributed by atoms with Gasteiger partial charge < -0.3 is 9.80 Å². The zero-order chi connectivity index (χ0) is 13.0. The van der Waals surface area contributed by atoms with Gasteiger partial charge in [-0.3, -0.25) is 9.59 Å². The molecule has 1 aliphatic rings. The first-order valence-electron chi connectivity index (χ1n) is 6.62. The van der Waals surface area contributed by atoms with E-state index < -0.39 is 0 Å². The predicted molar refractivity (Wildman–Crippen MR) is 67.5 cm³/mol. The minimum atomic E-state index is -0.218. The van der Waals surface area contributed by atoms with Gasteiger partial charge in [-0.1, -0.05) is 13.8 Å². The molecule has 0 N–H and O–H groups in total. The summed E-state index contributed by atoms with van der Waals surface area (Å²) < 4.78 is 0. The molecular weight excluding hydrogens is 216 g/mol. The lowest BCUT2D eigenvalue weighted by atomic mass is 10.1. The van der Waals surface area contributed by atoms with Gasteiger partial charge in [0.05, 0.1) is 0 Å². The Hall–Kier alpha value is -1.06. The third-order valence-electron chi connectivity index (χ3n) is 3.39. The fourth-order valence-corrected chi connectivity index (χ4v) is 2.36. The summed E-state index contributed by atoms with van der Waals surface area (Å²) in [5.41, 5.74) is 0. The summed E-state index contributed by atoms with van der Waals surface area (Å²) in [5.74, 6) is 0.189.